The van der Waals surface area contributed by atoms with Crippen molar-refractivity contribution in [3.05, 3.63) is 74.3 Å². The summed E-state index contributed by atoms with van der Waals surface area (Å²) in [6.07, 6.45) is 2.61. The number of aromatic nitrogens is 2. The van der Waals surface area contributed by atoms with Gasteiger partial charge in [-0.15, -0.1) is 0 Å². The molecule has 1 saturated heterocycles. The molecule has 7 nitrogen and oxygen atoms in total. The average molecular weight is 379 g/mol. The molecular formula is C21H21N3O4. The Kier molecular flexibility index (Phi) is 4.73. The molecule has 1 amide bonds. The van der Waals surface area contributed by atoms with Gasteiger partial charge in [-0.2, -0.15) is 0 Å². The van der Waals surface area contributed by atoms with E-state index in [1.807, 2.05) is 29.2 Å². The van der Waals surface area contributed by atoms with Gasteiger partial charge in [-0.05, 0) is 49.1 Å². The lowest BCUT2D eigenvalue weighted by Crippen LogP contribution is -2.37. The van der Waals surface area contributed by atoms with Gasteiger partial charge in [0.1, 0.15) is 5.75 Å². The maximum atomic E-state index is 13.1. The normalized spacial score (nSPS) is 16.5. The van der Waals surface area contributed by atoms with E-state index in [-0.39, 0.29) is 11.9 Å². The van der Waals surface area contributed by atoms with Gasteiger partial charge in [0.05, 0.1) is 18.1 Å². The molecule has 0 bridgehead atoms. The van der Waals surface area contributed by atoms with Crippen LogP contribution in [0.5, 0.6) is 5.75 Å². The Bertz CT molecular complexity index is 1150. The van der Waals surface area contributed by atoms with E-state index in [2.05, 4.69) is 9.97 Å². The smallest absolute Gasteiger partial charge is 0.314 e. The first kappa shape index (κ1) is 18.0. The summed E-state index contributed by atoms with van der Waals surface area (Å²) in [6, 6.07) is 12.9. The quantitative estimate of drug-likeness (QED) is 0.679. The van der Waals surface area contributed by atoms with E-state index in [4.69, 9.17) is 4.74 Å². The lowest BCUT2D eigenvalue weighted by atomic mass is 10.0. The number of aromatic amines is 2. The summed E-state index contributed by atoms with van der Waals surface area (Å²) in [6.45, 7) is 0.693. The first-order valence-electron chi connectivity index (χ1n) is 9.26. The molecule has 2 aromatic carbocycles. The van der Waals surface area contributed by atoms with Crippen LogP contribution in [0.1, 0.15) is 28.8 Å². The van der Waals surface area contributed by atoms with Gasteiger partial charge in [0, 0.05) is 18.2 Å². The minimum absolute atomic E-state index is 0.0775. The predicted octanol–water partition coefficient (Wildman–Crippen LogP) is 2.07. The second-order valence-electron chi connectivity index (χ2n) is 6.98. The predicted molar refractivity (Wildman–Crippen MR) is 106 cm³/mol. The summed E-state index contributed by atoms with van der Waals surface area (Å²) in [7, 11) is 1.65. The number of rotatable bonds is 4. The van der Waals surface area contributed by atoms with Crippen LogP contribution in [0, 0.1) is 0 Å². The number of hydrogen-bond acceptors (Lipinski definition) is 4. The summed E-state index contributed by atoms with van der Waals surface area (Å²) in [5.74, 6) is 0.750. The van der Waals surface area contributed by atoms with Crippen LogP contribution in [0.4, 0.5) is 0 Å². The first-order chi connectivity index (χ1) is 13.6. The van der Waals surface area contributed by atoms with Crippen molar-refractivity contribution in [3.8, 4) is 5.75 Å². The van der Waals surface area contributed by atoms with Gasteiger partial charge < -0.3 is 19.6 Å². The van der Waals surface area contributed by atoms with Gasteiger partial charge in [-0.1, -0.05) is 18.2 Å². The van der Waals surface area contributed by atoms with Crippen molar-refractivity contribution in [2.24, 2.45) is 0 Å². The lowest BCUT2D eigenvalue weighted by Gasteiger charge is -2.25. The standard InChI is InChI=1S/C21H21N3O4/c1-28-18-7-3-2-5-13(18)11-15-6-4-10-24(15)21(27)14-8-9-16-17(12-14)23-20(26)19(25)22-16/h2-3,5,7-9,12,15H,4,6,10-11H2,1H3,(H,22,25)(H,23,26). The molecule has 7 heteroatoms. The van der Waals surface area contributed by atoms with Crippen LogP contribution in [-0.2, 0) is 6.42 Å². The van der Waals surface area contributed by atoms with Crippen molar-refractivity contribution in [2.75, 3.05) is 13.7 Å². The van der Waals surface area contributed by atoms with Gasteiger partial charge in [0.25, 0.3) is 5.91 Å². The average Bonchev–Trinajstić information content (AvgIpc) is 3.16. The molecule has 1 unspecified atom stereocenters. The van der Waals surface area contributed by atoms with E-state index in [0.717, 1.165) is 30.6 Å². The van der Waals surface area contributed by atoms with Crippen LogP contribution in [0.15, 0.2) is 52.1 Å². The summed E-state index contributed by atoms with van der Waals surface area (Å²) in [4.78, 5) is 43.1. The number of nitrogens with one attached hydrogen (secondary N) is 2. The Hall–Kier alpha value is -3.35. The summed E-state index contributed by atoms with van der Waals surface area (Å²) >= 11 is 0. The summed E-state index contributed by atoms with van der Waals surface area (Å²) in [5.41, 5.74) is 1.07. The number of carbonyl (C=O) groups excluding carboxylic acids is 1. The molecule has 1 aliphatic heterocycles. The topological polar surface area (TPSA) is 95.3 Å². The Labute approximate surface area is 161 Å². The van der Waals surface area contributed by atoms with Crippen LogP contribution in [0.25, 0.3) is 11.0 Å². The molecule has 2 heterocycles. The number of hydrogen-bond donors (Lipinski definition) is 2. The zero-order chi connectivity index (χ0) is 19.7. The molecule has 4 rings (SSSR count). The van der Waals surface area contributed by atoms with E-state index in [0.29, 0.717) is 23.1 Å². The highest BCUT2D eigenvalue weighted by atomic mass is 16.5. The Morgan fingerprint density at radius 3 is 2.64 bits per heavy atom. The van der Waals surface area contributed by atoms with Crippen LogP contribution >= 0.6 is 0 Å². The highest BCUT2D eigenvalue weighted by Gasteiger charge is 2.30. The number of carbonyl (C=O) groups is 1. The fourth-order valence-electron chi connectivity index (χ4n) is 3.85. The van der Waals surface area contributed by atoms with Gasteiger partial charge >= 0.3 is 11.1 Å². The van der Waals surface area contributed by atoms with E-state index in [9.17, 15) is 14.4 Å². The molecule has 1 fully saturated rings. The second kappa shape index (κ2) is 7.34. The van der Waals surface area contributed by atoms with E-state index in [1.165, 1.54) is 0 Å². The maximum Gasteiger partial charge on any atom is 0.314 e. The molecule has 0 radical (unpaired) electrons. The minimum Gasteiger partial charge on any atom is -0.496 e. The van der Waals surface area contributed by atoms with E-state index >= 15 is 0 Å². The first-order valence-corrected chi connectivity index (χ1v) is 9.26. The number of nitrogens with zero attached hydrogens (tertiary/aromatic N) is 1. The second-order valence-corrected chi connectivity index (χ2v) is 6.98. The molecule has 1 atom stereocenters. The fraction of sp³-hybridized carbons (Fsp3) is 0.286. The van der Waals surface area contributed by atoms with Crippen LogP contribution in [-0.4, -0.2) is 40.5 Å². The zero-order valence-corrected chi connectivity index (χ0v) is 15.5. The summed E-state index contributed by atoms with van der Waals surface area (Å²) < 4.78 is 5.44. The number of para-hydroxylation sites is 1. The SMILES string of the molecule is COc1ccccc1CC1CCCN1C(=O)c1ccc2[nH]c(=O)c(=O)[nH]c2c1. The van der Waals surface area contributed by atoms with Crippen molar-refractivity contribution in [1.29, 1.82) is 0 Å². The molecule has 0 saturated carbocycles. The summed E-state index contributed by atoms with van der Waals surface area (Å²) in [5, 5.41) is 0. The molecule has 0 spiro atoms. The Morgan fingerprint density at radius 2 is 1.86 bits per heavy atom. The number of fused-ring (bicyclic) bond motifs is 1. The van der Waals surface area contributed by atoms with Crippen LogP contribution in [0.2, 0.25) is 0 Å². The zero-order valence-electron chi connectivity index (χ0n) is 15.5. The van der Waals surface area contributed by atoms with Gasteiger partial charge in [0.2, 0.25) is 0 Å². The third-order valence-electron chi connectivity index (χ3n) is 5.26. The van der Waals surface area contributed by atoms with Gasteiger partial charge in [-0.3, -0.25) is 14.4 Å². The number of amides is 1. The fourth-order valence-corrected chi connectivity index (χ4v) is 3.85. The Morgan fingerprint density at radius 1 is 1.11 bits per heavy atom. The number of benzene rings is 2. The van der Waals surface area contributed by atoms with Crippen molar-refractivity contribution < 1.29 is 9.53 Å². The third kappa shape index (κ3) is 3.31. The molecule has 3 aromatic rings. The monoisotopic (exact) mass is 379 g/mol. The maximum absolute atomic E-state index is 13.1. The van der Waals surface area contributed by atoms with Crippen molar-refractivity contribution in [2.45, 2.75) is 25.3 Å². The largest absolute Gasteiger partial charge is 0.496 e. The number of ether oxygens (including phenoxy) is 1. The third-order valence-corrected chi connectivity index (χ3v) is 5.26. The van der Waals surface area contributed by atoms with Crippen molar-refractivity contribution in [1.82, 2.24) is 14.9 Å². The highest BCUT2D eigenvalue weighted by Crippen LogP contribution is 2.27. The van der Waals surface area contributed by atoms with Gasteiger partial charge in [-0.25, -0.2) is 0 Å². The van der Waals surface area contributed by atoms with Gasteiger partial charge in [0.15, 0.2) is 0 Å². The van der Waals surface area contributed by atoms with Crippen LogP contribution in [0.3, 0.4) is 0 Å². The number of H-pyrrole nitrogens is 2. The van der Waals surface area contributed by atoms with Crippen LogP contribution < -0.4 is 15.9 Å². The molecule has 28 heavy (non-hydrogen) atoms. The molecular weight excluding hydrogens is 358 g/mol. The molecule has 0 aliphatic carbocycles. The van der Waals surface area contributed by atoms with E-state index in [1.54, 1.807) is 25.3 Å². The number of methoxy groups -OCH3 is 1. The Balaban J connectivity index is 1.61. The van der Waals surface area contributed by atoms with Crippen molar-refractivity contribution >= 4 is 16.9 Å². The lowest BCUT2D eigenvalue weighted by molar-refractivity contribution is 0.0736. The molecule has 144 valence electrons. The molecule has 1 aromatic heterocycles. The molecule has 1 aliphatic rings. The highest BCUT2D eigenvalue weighted by molar-refractivity contribution is 5.97. The molecule has 2 N–H and O–H groups in total. The van der Waals surface area contributed by atoms with Crippen molar-refractivity contribution in [3.63, 3.8) is 0 Å². The van der Waals surface area contributed by atoms with E-state index < -0.39 is 11.1 Å². The minimum atomic E-state index is -0.729. The number of likely N-dealkylation sites (tertiary alicyclic amines) is 1.